The molecule has 0 aliphatic heterocycles. The number of carbonyl (C=O) groups excluding carboxylic acids is 22. The lowest BCUT2D eigenvalue weighted by Crippen LogP contribution is -2.28. The number of halogens is 11. The van der Waals surface area contributed by atoms with Crippen LogP contribution in [0.3, 0.4) is 0 Å². The summed E-state index contributed by atoms with van der Waals surface area (Å²) in [6, 6.07) is 0. The predicted molar refractivity (Wildman–Crippen MR) is 528 cm³/mol. The average Bonchev–Trinajstić information content (AvgIpc) is 0.961. The largest absolute Gasteiger partial charge is 0.299 e. The van der Waals surface area contributed by atoms with Crippen LogP contribution in [-0.4, -0.2) is 127 Å². The molecule has 121 heavy (non-hydrogen) atoms. The van der Waals surface area contributed by atoms with Crippen LogP contribution in [0.25, 0.3) is 0 Å². The van der Waals surface area contributed by atoms with Crippen LogP contribution in [0.2, 0.25) is 0 Å². The minimum atomic E-state index is -0.0770. The van der Waals surface area contributed by atoms with E-state index in [1.54, 1.807) is 0 Å². The van der Waals surface area contributed by atoms with E-state index in [0.717, 1.165) is 0 Å². The summed E-state index contributed by atoms with van der Waals surface area (Å²) >= 11 is 0. The maximum absolute atomic E-state index is 10.9. The number of hydrogen-bond donors (Lipinski definition) is 0. The zero-order valence-electron chi connectivity index (χ0n) is 75.3. The Morgan fingerprint density at radius 3 is 0.157 bits per heavy atom. The van der Waals surface area contributed by atoms with Crippen molar-refractivity contribution >= 4 is 314 Å². The van der Waals surface area contributed by atoms with E-state index in [0.29, 0.717) is 141 Å². The van der Waals surface area contributed by atoms with Gasteiger partial charge in [0, 0.05) is 141 Å². The van der Waals surface area contributed by atoms with Gasteiger partial charge in [0.25, 0.3) is 0 Å². The molecular formula is C88H143Br11O22. The van der Waals surface area contributed by atoms with E-state index >= 15 is 0 Å². The zero-order chi connectivity index (χ0) is 85.5. The van der Waals surface area contributed by atoms with Gasteiger partial charge in [-0.2, -0.15) is 0 Å². The third kappa shape index (κ3) is 68.7. The molecule has 11 aliphatic carbocycles. The van der Waals surface area contributed by atoms with Gasteiger partial charge in [-0.3, -0.25) is 105 Å². The topological polar surface area (TPSA) is 376 Å². The molecule has 0 aromatic heterocycles. The fourth-order valence-electron chi connectivity index (χ4n) is 16.2. The second kappa shape index (κ2) is 60.8. The standard InChI is InChI=1S/11C8H12O2.11BrH/c11*1-8(2)4-6(9)3-7(10)5-8;;;;;;;;;;;/h11*3-5H2,1-2H3;11*1H. The van der Waals surface area contributed by atoms with Gasteiger partial charge in [-0.1, -0.05) is 152 Å². The van der Waals surface area contributed by atoms with Gasteiger partial charge in [0.05, 0.1) is 70.6 Å². The van der Waals surface area contributed by atoms with Crippen molar-refractivity contribution in [2.75, 3.05) is 0 Å². The minimum Gasteiger partial charge on any atom is -0.299 e. The summed E-state index contributed by atoms with van der Waals surface area (Å²) in [5.41, 5.74) is -0.847. The molecule has 0 unspecified atom stereocenters. The molecule has 11 fully saturated rings. The van der Waals surface area contributed by atoms with Gasteiger partial charge < -0.3 is 0 Å². The van der Waals surface area contributed by atoms with Crippen molar-refractivity contribution < 1.29 is 105 Å². The van der Waals surface area contributed by atoms with E-state index < -0.39 is 0 Å². The van der Waals surface area contributed by atoms with Crippen LogP contribution < -0.4 is 0 Å². The van der Waals surface area contributed by atoms with Gasteiger partial charge in [-0.15, -0.1) is 187 Å². The fraction of sp³-hybridized carbons (Fsp3) is 0.750. The number of carbonyl (C=O) groups is 22. The first-order valence-electron chi connectivity index (χ1n) is 38.8. The van der Waals surface area contributed by atoms with Crippen molar-refractivity contribution in [3.8, 4) is 0 Å². The predicted octanol–water partition coefficient (Wildman–Crippen LogP) is 21.0. The highest BCUT2D eigenvalue weighted by Gasteiger charge is 2.39. The van der Waals surface area contributed by atoms with Gasteiger partial charge in [0.2, 0.25) is 0 Å². The molecule has 0 heterocycles. The number of Topliss-reactive ketones (excluding diaryl/α,β-unsaturated/α-hetero) is 22. The molecule has 704 valence electrons. The van der Waals surface area contributed by atoms with Gasteiger partial charge in [0.1, 0.15) is 127 Å². The molecule has 0 saturated heterocycles. The molecule has 0 radical (unpaired) electrons. The van der Waals surface area contributed by atoms with Crippen LogP contribution in [-0.2, 0) is 105 Å². The summed E-state index contributed by atoms with van der Waals surface area (Å²) in [4.78, 5) is 239. The lowest BCUT2D eigenvalue weighted by Gasteiger charge is -2.26. The maximum atomic E-state index is 10.9. The number of ketones is 22. The van der Waals surface area contributed by atoms with Crippen LogP contribution in [0, 0.1) is 59.6 Å². The Balaban J connectivity index is -0.000000121. The SMILES string of the molecule is Br.Br.Br.Br.Br.Br.Br.Br.Br.Br.Br.CC1(C)CC(=O)CC(=O)C1.CC1(C)CC(=O)CC(=O)C1.CC1(C)CC(=O)CC(=O)C1.CC1(C)CC(=O)CC(=O)C1.CC1(C)CC(=O)CC(=O)C1.CC1(C)CC(=O)CC(=O)C1.CC1(C)CC(=O)CC(=O)C1.CC1(C)CC(=O)CC(=O)C1.CC1(C)CC(=O)CC(=O)C1.CC1(C)CC(=O)CC(=O)C1.CC1(C)CC(=O)CC(=O)C1. The highest BCUT2D eigenvalue weighted by atomic mass is 79.9. The first-order valence-corrected chi connectivity index (χ1v) is 38.8. The Kier molecular flexibility index (Phi) is 71.4. The molecule has 0 aromatic carbocycles. The van der Waals surface area contributed by atoms with Crippen LogP contribution in [0.15, 0.2) is 0 Å². The summed E-state index contributed by atoms with van der Waals surface area (Å²) in [7, 11) is 0. The average molecular weight is 2430 g/mol. The molecule has 0 spiro atoms. The van der Waals surface area contributed by atoms with Crippen LogP contribution in [0.1, 0.15) is 364 Å². The normalized spacial score (nSPS) is 22.7. The van der Waals surface area contributed by atoms with E-state index in [9.17, 15) is 105 Å². The van der Waals surface area contributed by atoms with Gasteiger partial charge in [0.15, 0.2) is 0 Å². The van der Waals surface area contributed by atoms with Gasteiger partial charge >= 0.3 is 0 Å². The van der Waals surface area contributed by atoms with Gasteiger partial charge in [-0.05, 0) is 59.6 Å². The van der Waals surface area contributed by atoms with E-state index in [4.69, 9.17) is 0 Å². The summed E-state index contributed by atoms with van der Waals surface area (Å²) in [5.74, 6) is 2.16. The Labute approximate surface area is 835 Å². The van der Waals surface area contributed by atoms with Crippen LogP contribution in [0.5, 0.6) is 0 Å². The molecule has 11 aliphatic rings. The van der Waals surface area contributed by atoms with Crippen molar-refractivity contribution in [3.63, 3.8) is 0 Å². The van der Waals surface area contributed by atoms with Crippen molar-refractivity contribution in [2.24, 2.45) is 59.6 Å². The summed E-state index contributed by atoms with van der Waals surface area (Å²) < 4.78 is 0. The highest BCUT2D eigenvalue weighted by molar-refractivity contribution is 8.94. The van der Waals surface area contributed by atoms with Crippen molar-refractivity contribution in [2.45, 2.75) is 364 Å². The minimum absolute atomic E-state index is 0. The molecule has 0 amide bonds. The second-order valence-corrected chi connectivity index (χ2v) is 41.5. The fourth-order valence-corrected chi connectivity index (χ4v) is 16.2. The first kappa shape index (κ1) is 142. The zero-order valence-corrected chi connectivity index (χ0v) is 94.2. The molecule has 0 N–H and O–H groups in total. The summed E-state index contributed by atoms with van der Waals surface area (Å²) in [5, 5.41) is 0. The van der Waals surface area contributed by atoms with Crippen molar-refractivity contribution in [3.05, 3.63) is 0 Å². The molecule has 22 nitrogen and oxygen atoms in total. The third-order valence-electron chi connectivity index (χ3n) is 19.2. The Morgan fingerprint density at radius 2 is 0.132 bits per heavy atom. The first-order chi connectivity index (χ1) is 49.4. The van der Waals surface area contributed by atoms with E-state index in [2.05, 4.69) is 0 Å². The Hall–Kier alpha value is -1.98. The summed E-state index contributed by atoms with van der Waals surface area (Å²) in [6.07, 6.45) is 14.4. The molecule has 11 saturated carbocycles. The molecule has 0 aromatic rings. The van der Waals surface area contributed by atoms with Gasteiger partial charge in [-0.25, -0.2) is 0 Å². The molecule has 33 heteroatoms. The van der Waals surface area contributed by atoms with Crippen LogP contribution in [0.4, 0.5) is 0 Å². The van der Waals surface area contributed by atoms with E-state index in [1.807, 2.05) is 152 Å². The quantitative estimate of drug-likeness (QED) is 0.203. The van der Waals surface area contributed by atoms with Crippen molar-refractivity contribution in [1.29, 1.82) is 0 Å². The Bertz CT molecular complexity index is 2630. The highest BCUT2D eigenvalue weighted by Crippen LogP contribution is 2.38. The Morgan fingerprint density at radius 1 is 0.0992 bits per heavy atom. The lowest BCUT2D eigenvalue weighted by molar-refractivity contribution is -0.135. The monoisotopic (exact) mass is 2420 g/mol. The lowest BCUT2D eigenvalue weighted by atomic mass is 9.76. The smallest absolute Gasteiger partial charge is 0.140 e. The number of hydrogen-bond acceptors (Lipinski definition) is 22. The van der Waals surface area contributed by atoms with Crippen LogP contribution >= 0.6 is 187 Å². The molecular weight excluding hydrogens is 2290 g/mol. The number of rotatable bonds is 0. The summed E-state index contributed by atoms with van der Waals surface area (Å²) in [6.45, 7) is 43.1. The second-order valence-electron chi connectivity index (χ2n) is 41.5. The maximum Gasteiger partial charge on any atom is 0.140 e. The van der Waals surface area contributed by atoms with E-state index in [1.165, 1.54) is 0 Å². The van der Waals surface area contributed by atoms with Crippen molar-refractivity contribution in [1.82, 2.24) is 0 Å². The molecule has 11 rings (SSSR count). The third-order valence-corrected chi connectivity index (χ3v) is 19.2. The molecule has 0 atom stereocenters. The van der Waals surface area contributed by atoms with E-state index in [-0.39, 0.29) is 444 Å². The molecule has 0 bridgehead atoms.